The Morgan fingerprint density at radius 3 is 0.817 bits per heavy atom. The van der Waals surface area contributed by atoms with Crippen LogP contribution in [-0.4, -0.2) is 36.4 Å². The average Bonchev–Trinajstić information content (AvgIpc) is 3.49. The molecule has 0 rings (SSSR count). The Labute approximate surface area is 508 Å². The zero-order chi connectivity index (χ0) is 59.1. The lowest BCUT2D eigenvalue weighted by Gasteiger charge is -2.15. The summed E-state index contributed by atoms with van der Waals surface area (Å²) in [5.74, 6) is -0.641. The third kappa shape index (κ3) is 68.3. The number of hydrogen-bond acceptors (Lipinski definition) is 5. The van der Waals surface area contributed by atoms with Gasteiger partial charge in [0.1, 0.15) is 6.61 Å². The Morgan fingerprint density at radius 1 is 0.293 bits per heavy atom. The summed E-state index contributed by atoms with van der Waals surface area (Å²) in [4.78, 5) is 24.6. The Bertz CT molecular complexity index is 1710. The molecule has 0 bridgehead atoms. The number of carbonyl (C=O) groups is 2. The number of carbonyl (C=O) groups excluding carboxylic acids is 2. The van der Waals surface area contributed by atoms with Gasteiger partial charge in [-0.25, -0.2) is 0 Å². The first-order valence-electron chi connectivity index (χ1n) is 34.4. The van der Waals surface area contributed by atoms with E-state index in [1.165, 1.54) is 173 Å². The number of rotatable bonds is 62. The van der Waals surface area contributed by atoms with Gasteiger partial charge < -0.3 is 14.6 Å². The molecule has 0 heterocycles. The summed E-state index contributed by atoms with van der Waals surface area (Å²) in [5, 5.41) is 9.69. The Hall–Kier alpha value is -4.22. The summed E-state index contributed by atoms with van der Waals surface area (Å²) in [6, 6.07) is 0. The second-order valence-electron chi connectivity index (χ2n) is 22.5. The molecule has 0 spiro atoms. The second kappa shape index (κ2) is 71.0. The minimum atomic E-state index is -0.806. The van der Waals surface area contributed by atoms with Crippen LogP contribution in [0, 0.1) is 0 Å². The summed E-state index contributed by atoms with van der Waals surface area (Å²) in [7, 11) is 0. The molecule has 0 aromatic rings. The van der Waals surface area contributed by atoms with Gasteiger partial charge in [0.15, 0.2) is 6.10 Å². The van der Waals surface area contributed by atoms with E-state index in [0.717, 1.165) is 109 Å². The minimum absolute atomic E-state index is 0.0898. The fraction of sp³-hybridized carbons (Fsp3) is 0.662. The van der Waals surface area contributed by atoms with E-state index < -0.39 is 6.10 Å². The van der Waals surface area contributed by atoms with Gasteiger partial charge in [0.2, 0.25) is 0 Å². The molecule has 0 saturated heterocycles. The molecule has 0 aliphatic rings. The SMILES string of the molecule is CC/C=C\C/C=C\C/C=C\C/C=C\C/C=C\C/C=C\C/C=C\C/C=C\C/C=C\C/C=C\CCCCC(=O)OC(CO)COC(=O)CCCCCCCCCCCCCCCCCCCCCCCCC/C=C\C/C=C\CCCCCCC. The van der Waals surface area contributed by atoms with E-state index in [1.54, 1.807) is 0 Å². The van der Waals surface area contributed by atoms with Crippen LogP contribution >= 0.6 is 0 Å². The molecule has 0 aromatic heterocycles. The molecule has 0 fully saturated rings. The highest BCUT2D eigenvalue weighted by molar-refractivity contribution is 5.70. The number of aliphatic hydroxyl groups excluding tert-OH is 1. The third-order valence-electron chi connectivity index (χ3n) is 14.6. The maximum atomic E-state index is 12.3. The summed E-state index contributed by atoms with van der Waals surface area (Å²) in [5.41, 5.74) is 0. The topological polar surface area (TPSA) is 72.8 Å². The number of esters is 2. The maximum Gasteiger partial charge on any atom is 0.306 e. The molecule has 5 heteroatoms. The van der Waals surface area contributed by atoms with E-state index in [9.17, 15) is 14.7 Å². The van der Waals surface area contributed by atoms with Gasteiger partial charge in [-0.2, -0.15) is 0 Å². The molecular weight excluding hydrogens is 1000 g/mol. The molecule has 1 N–H and O–H groups in total. The Kier molecular flexibility index (Phi) is 67.4. The van der Waals surface area contributed by atoms with Crippen LogP contribution in [0.3, 0.4) is 0 Å². The number of ether oxygens (including phenoxy) is 2. The molecule has 82 heavy (non-hydrogen) atoms. The van der Waals surface area contributed by atoms with Gasteiger partial charge in [0.25, 0.3) is 0 Å². The van der Waals surface area contributed by atoms with Gasteiger partial charge in [-0.05, 0) is 122 Å². The van der Waals surface area contributed by atoms with Gasteiger partial charge in [0.05, 0.1) is 6.61 Å². The van der Waals surface area contributed by atoms with Crippen LogP contribution in [0.2, 0.25) is 0 Å². The van der Waals surface area contributed by atoms with Crippen LogP contribution < -0.4 is 0 Å². The molecule has 0 aliphatic carbocycles. The van der Waals surface area contributed by atoms with Crippen molar-refractivity contribution in [1.82, 2.24) is 0 Å². The van der Waals surface area contributed by atoms with Crippen LogP contribution in [0.4, 0.5) is 0 Å². The van der Waals surface area contributed by atoms with Crippen LogP contribution in [0.15, 0.2) is 146 Å². The van der Waals surface area contributed by atoms with Crippen molar-refractivity contribution in [2.24, 2.45) is 0 Å². The Balaban J connectivity index is 3.56. The molecule has 0 saturated carbocycles. The predicted octanol–water partition coefficient (Wildman–Crippen LogP) is 24.1. The van der Waals surface area contributed by atoms with E-state index in [2.05, 4.69) is 160 Å². The van der Waals surface area contributed by atoms with Crippen LogP contribution in [-0.2, 0) is 19.1 Å². The van der Waals surface area contributed by atoms with Gasteiger partial charge in [0, 0.05) is 12.8 Å². The quantitative estimate of drug-likeness (QED) is 0.0373. The summed E-state index contributed by atoms with van der Waals surface area (Å²) >= 11 is 0. The van der Waals surface area contributed by atoms with Crippen molar-refractivity contribution in [3.63, 3.8) is 0 Å². The van der Waals surface area contributed by atoms with E-state index >= 15 is 0 Å². The zero-order valence-corrected chi connectivity index (χ0v) is 53.5. The van der Waals surface area contributed by atoms with Gasteiger partial charge in [-0.3, -0.25) is 9.59 Å². The van der Waals surface area contributed by atoms with Crippen molar-refractivity contribution in [2.75, 3.05) is 13.2 Å². The zero-order valence-electron chi connectivity index (χ0n) is 53.5. The van der Waals surface area contributed by atoms with Crippen LogP contribution in [0.5, 0.6) is 0 Å². The second-order valence-corrected chi connectivity index (χ2v) is 22.5. The van der Waals surface area contributed by atoms with Gasteiger partial charge in [-0.15, -0.1) is 0 Å². The monoisotopic (exact) mass is 1130 g/mol. The lowest BCUT2D eigenvalue weighted by molar-refractivity contribution is -0.161. The fourth-order valence-corrected chi connectivity index (χ4v) is 9.50. The number of allylic oxidation sites excluding steroid dienone is 24. The number of hydrogen-bond donors (Lipinski definition) is 1. The molecule has 1 unspecified atom stereocenters. The lowest BCUT2D eigenvalue weighted by atomic mass is 10.0. The standard InChI is InChI=1S/C77H128O5/c1-3-5-7-9-11-13-15-17-19-21-23-25-27-29-31-33-35-37-38-40-41-43-45-47-49-51-53-55-57-59-61-63-65-67-69-71-76(79)81-74-75(73-78)82-77(80)72-70-68-66-64-62-60-58-56-54-52-50-48-46-44-42-39-36-34-32-30-28-26-24-22-20-18-16-14-12-10-8-6-4-2/h6,8,12,14-15,17-18,20-21,23-24,26,30,32,36,39,44,46,50,52,56,58,62,64,75,78H,3-5,7,9-11,13,16,19,22,25,27-29,31,33-35,37-38,40-43,45,47-49,51,53-55,57,59-61,63,65-74H2,1-2H3/b8-6-,14-12-,17-15-,20-18-,23-21-,26-24-,32-30-,39-36-,46-44-,52-50-,58-56-,64-62-. The van der Waals surface area contributed by atoms with Crippen LogP contribution in [0.25, 0.3) is 0 Å². The fourth-order valence-electron chi connectivity index (χ4n) is 9.50. The highest BCUT2D eigenvalue weighted by Crippen LogP contribution is 2.17. The molecule has 1 atom stereocenters. The molecule has 466 valence electrons. The van der Waals surface area contributed by atoms with E-state index in [4.69, 9.17) is 9.47 Å². The third-order valence-corrected chi connectivity index (χ3v) is 14.6. The first kappa shape index (κ1) is 77.8. The molecule has 0 aromatic carbocycles. The molecule has 0 aliphatic heterocycles. The minimum Gasteiger partial charge on any atom is -0.462 e. The maximum absolute atomic E-state index is 12.3. The smallest absolute Gasteiger partial charge is 0.306 e. The van der Waals surface area contributed by atoms with Crippen molar-refractivity contribution in [3.05, 3.63) is 146 Å². The van der Waals surface area contributed by atoms with Gasteiger partial charge in [-0.1, -0.05) is 320 Å². The highest BCUT2D eigenvalue weighted by Gasteiger charge is 2.16. The molecular formula is C77H128O5. The first-order chi connectivity index (χ1) is 40.6. The van der Waals surface area contributed by atoms with Crippen molar-refractivity contribution in [1.29, 1.82) is 0 Å². The largest absolute Gasteiger partial charge is 0.462 e. The van der Waals surface area contributed by atoms with E-state index in [1.807, 2.05) is 0 Å². The predicted molar refractivity (Wildman–Crippen MR) is 361 cm³/mol. The van der Waals surface area contributed by atoms with Crippen molar-refractivity contribution in [2.45, 2.75) is 315 Å². The van der Waals surface area contributed by atoms with Crippen LogP contribution in [0.1, 0.15) is 309 Å². The normalized spacial score (nSPS) is 13.2. The first-order valence-corrected chi connectivity index (χ1v) is 34.4. The molecule has 5 nitrogen and oxygen atoms in total. The molecule has 0 amide bonds. The summed E-state index contributed by atoms with van der Waals surface area (Å²) in [6.45, 7) is 4.00. The van der Waals surface area contributed by atoms with Crippen molar-refractivity contribution in [3.8, 4) is 0 Å². The lowest BCUT2D eigenvalue weighted by Crippen LogP contribution is -2.28. The van der Waals surface area contributed by atoms with E-state index in [0.29, 0.717) is 12.8 Å². The number of unbranched alkanes of at least 4 members (excludes halogenated alkanes) is 30. The Morgan fingerprint density at radius 2 is 0.524 bits per heavy atom. The summed E-state index contributed by atoms with van der Waals surface area (Å²) in [6.07, 6.45) is 107. The van der Waals surface area contributed by atoms with Crippen molar-refractivity contribution >= 4 is 11.9 Å². The van der Waals surface area contributed by atoms with Gasteiger partial charge >= 0.3 is 11.9 Å². The van der Waals surface area contributed by atoms with E-state index in [-0.39, 0.29) is 25.2 Å². The number of aliphatic hydroxyl groups is 1. The molecule has 0 radical (unpaired) electrons. The summed E-state index contributed by atoms with van der Waals surface area (Å²) < 4.78 is 10.7. The average molecular weight is 1130 g/mol. The van der Waals surface area contributed by atoms with Crippen molar-refractivity contribution < 1.29 is 24.2 Å². The highest BCUT2D eigenvalue weighted by atomic mass is 16.6.